The number of carbonyl (C=O) groups excluding carboxylic acids is 1. The third-order valence-electron chi connectivity index (χ3n) is 2.89. The quantitative estimate of drug-likeness (QED) is 0.379. The standard InChI is InChI=1S/C12H22NOS/c1-3-4-5-6-7-8-13-11(2)10-15-12(13)9-14/h9,11H,3-8,10H2,1-2H3/q+1. The van der Waals surface area contributed by atoms with Crippen LogP contribution in [-0.4, -0.2) is 34.2 Å². The summed E-state index contributed by atoms with van der Waals surface area (Å²) in [6.07, 6.45) is 7.51. The summed E-state index contributed by atoms with van der Waals surface area (Å²) >= 11 is 1.70. The van der Waals surface area contributed by atoms with E-state index in [0.29, 0.717) is 6.04 Å². The Morgan fingerprint density at radius 3 is 2.80 bits per heavy atom. The number of rotatable bonds is 7. The first kappa shape index (κ1) is 12.8. The SMILES string of the molecule is CCCCCCC[N+]1=C(C=O)SCC1C. The van der Waals surface area contributed by atoms with Gasteiger partial charge in [-0.15, -0.1) is 0 Å². The van der Waals surface area contributed by atoms with E-state index in [0.717, 1.165) is 23.6 Å². The van der Waals surface area contributed by atoms with E-state index in [4.69, 9.17) is 0 Å². The first-order chi connectivity index (χ1) is 7.29. The largest absolute Gasteiger partial charge is 0.291 e. The van der Waals surface area contributed by atoms with E-state index in [-0.39, 0.29) is 0 Å². The lowest BCUT2D eigenvalue weighted by molar-refractivity contribution is -0.551. The molecule has 86 valence electrons. The van der Waals surface area contributed by atoms with E-state index in [2.05, 4.69) is 18.4 Å². The van der Waals surface area contributed by atoms with Crippen molar-refractivity contribution in [3.8, 4) is 0 Å². The van der Waals surface area contributed by atoms with Crippen molar-refractivity contribution in [3.05, 3.63) is 0 Å². The molecule has 0 aromatic rings. The molecule has 0 aromatic carbocycles. The van der Waals surface area contributed by atoms with Crippen molar-refractivity contribution < 1.29 is 9.37 Å². The second kappa shape index (κ2) is 7.04. The summed E-state index contributed by atoms with van der Waals surface area (Å²) < 4.78 is 2.27. The summed E-state index contributed by atoms with van der Waals surface area (Å²) in [5, 5.41) is 0.943. The summed E-state index contributed by atoms with van der Waals surface area (Å²) in [6, 6.07) is 0.543. The van der Waals surface area contributed by atoms with E-state index in [9.17, 15) is 4.79 Å². The molecule has 0 fully saturated rings. The average molecular weight is 228 g/mol. The second-order valence-electron chi connectivity index (χ2n) is 4.22. The molecule has 15 heavy (non-hydrogen) atoms. The molecule has 1 unspecified atom stereocenters. The van der Waals surface area contributed by atoms with Crippen molar-refractivity contribution in [2.75, 3.05) is 12.3 Å². The summed E-state index contributed by atoms with van der Waals surface area (Å²) in [5.41, 5.74) is 0. The zero-order chi connectivity index (χ0) is 11.1. The predicted octanol–water partition coefficient (Wildman–Crippen LogP) is 2.70. The molecule has 0 radical (unpaired) electrons. The van der Waals surface area contributed by atoms with Crippen molar-refractivity contribution >= 4 is 23.1 Å². The maximum Gasteiger partial charge on any atom is 0.275 e. The Morgan fingerprint density at radius 2 is 2.13 bits per heavy atom. The van der Waals surface area contributed by atoms with Gasteiger partial charge in [-0.1, -0.05) is 26.2 Å². The molecule has 3 heteroatoms. The lowest BCUT2D eigenvalue weighted by Crippen LogP contribution is -2.25. The Labute approximate surface area is 97.1 Å². The molecule has 0 spiro atoms. The molecule has 0 bridgehead atoms. The molecule has 0 saturated heterocycles. The first-order valence-electron chi connectivity index (χ1n) is 6.01. The van der Waals surface area contributed by atoms with Crippen LogP contribution < -0.4 is 0 Å². The molecule has 1 aliphatic heterocycles. The van der Waals surface area contributed by atoms with E-state index < -0.39 is 0 Å². The van der Waals surface area contributed by atoms with Gasteiger partial charge in [0.15, 0.2) is 6.04 Å². The molecule has 1 atom stereocenters. The van der Waals surface area contributed by atoms with Gasteiger partial charge in [0.05, 0.1) is 5.75 Å². The molecule has 0 N–H and O–H groups in total. The van der Waals surface area contributed by atoms with Crippen LogP contribution in [0.2, 0.25) is 0 Å². The van der Waals surface area contributed by atoms with Crippen molar-refractivity contribution in [2.45, 2.75) is 52.0 Å². The molecule has 0 aromatic heterocycles. The maximum atomic E-state index is 10.8. The van der Waals surface area contributed by atoms with Gasteiger partial charge >= 0.3 is 0 Å². The van der Waals surface area contributed by atoms with Crippen LogP contribution in [0.15, 0.2) is 0 Å². The highest BCUT2D eigenvalue weighted by Gasteiger charge is 2.29. The van der Waals surface area contributed by atoms with E-state index in [1.165, 1.54) is 32.1 Å². The van der Waals surface area contributed by atoms with Crippen LogP contribution in [0, 0.1) is 0 Å². The topological polar surface area (TPSA) is 20.1 Å². The fourth-order valence-electron chi connectivity index (χ4n) is 1.91. The van der Waals surface area contributed by atoms with Crippen LogP contribution in [0.5, 0.6) is 0 Å². The summed E-state index contributed by atoms with van der Waals surface area (Å²) in [7, 11) is 0. The molecule has 0 aliphatic carbocycles. The number of carbonyl (C=O) groups is 1. The van der Waals surface area contributed by atoms with Crippen LogP contribution in [-0.2, 0) is 4.79 Å². The van der Waals surface area contributed by atoms with Crippen LogP contribution in [0.3, 0.4) is 0 Å². The van der Waals surface area contributed by atoms with Crippen LogP contribution in [0.25, 0.3) is 0 Å². The van der Waals surface area contributed by atoms with Crippen molar-refractivity contribution in [3.63, 3.8) is 0 Å². The fourth-order valence-corrected chi connectivity index (χ4v) is 3.01. The normalized spacial score (nSPS) is 21.1. The number of thioether (sulfide) groups is 1. The number of hydrogen-bond donors (Lipinski definition) is 0. The summed E-state index contributed by atoms with van der Waals surface area (Å²) in [6.45, 7) is 5.50. The molecule has 0 amide bonds. The number of aldehydes is 1. The summed E-state index contributed by atoms with van der Waals surface area (Å²) in [4.78, 5) is 10.8. The van der Waals surface area contributed by atoms with Gasteiger partial charge in [0, 0.05) is 6.42 Å². The molecular weight excluding hydrogens is 206 g/mol. The lowest BCUT2D eigenvalue weighted by Gasteiger charge is -2.04. The Balaban J connectivity index is 2.27. The Kier molecular flexibility index (Phi) is 5.99. The van der Waals surface area contributed by atoms with Gasteiger partial charge in [0.2, 0.25) is 6.29 Å². The zero-order valence-electron chi connectivity index (χ0n) is 9.87. The van der Waals surface area contributed by atoms with E-state index in [1.54, 1.807) is 11.8 Å². The number of hydrogen-bond acceptors (Lipinski definition) is 2. The van der Waals surface area contributed by atoms with Gasteiger partial charge < -0.3 is 0 Å². The monoisotopic (exact) mass is 228 g/mol. The number of unbranched alkanes of at least 4 members (excludes halogenated alkanes) is 4. The van der Waals surface area contributed by atoms with Crippen LogP contribution in [0.4, 0.5) is 0 Å². The van der Waals surface area contributed by atoms with Gasteiger partial charge in [0.1, 0.15) is 6.54 Å². The molecular formula is C12H22NOS+. The summed E-state index contributed by atoms with van der Waals surface area (Å²) in [5.74, 6) is 1.07. The molecule has 1 rings (SSSR count). The zero-order valence-corrected chi connectivity index (χ0v) is 10.7. The molecule has 1 heterocycles. The maximum absolute atomic E-state index is 10.8. The minimum absolute atomic E-state index is 0.543. The minimum atomic E-state index is 0.543. The van der Waals surface area contributed by atoms with E-state index >= 15 is 0 Å². The van der Waals surface area contributed by atoms with Gasteiger partial charge in [-0.3, -0.25) is 4.79 Å². The molecule has 0 saturated carbocycles. The van der Waals surface area contributed by atoms with E-state index in [1.807, 2.05) is 0 Å². The highest BCUT2D eigenvalue weighted by Crippen LogP contribution is 2.17. The Hall–Kier alpha value is -0.310. The highest BCUT2D eigenvalue weighted by molar-refractivity contribution is 8.15. The average Bonchev–Trinajstić information content (AvgIpc) is 2.60. The first-order valence-corrected chi connectivity index (χ1v) is 6.99. The van der Waals surface area contributed by atoms with Crippen LogP contribution in [0.1, 0.15) is 46.0 Å². The van der Waals surface area contributed by atoms with Gasteiger partial charge in [-0.05, 0) is 25.1 Å². The third kappa shape index (κ3) is 3.98. The lowest BCUT2D eigenvalue weighted by atomic mass is 10.1. The smallest absolute Gasteiger partial charge is 0.275 e. The second-order valence-corrected chi connectivity index (χ2v) is 5.26. The molecule has 1 aliphatic rings. The van der Waals surface area contributed by atoms with Crippen LogP contribution >= 0.6 is 11.8 Å². The van der Waals surface area contributed by atoms with Gasteiger partial charge in [0.25, 0.3) is 5.04 Å². The highest BCUT2D eigenvalue weighted by atomic mass is 32.2. The minimum Gasteiger partial charge on any atom is -0.291 e. The fraction of sp³-hybridized carbons (Fsp3) is 0.833. The number of nitrogens with zero attached hydrogens (tertiary/aromatic N) is 1. The van der Waals surface area contributed by atoms with Gasteiger partial charge in [-0.25, -0.2) is 4.58 Å². The third-order valence-corrected chi connectivity index (χ3v) is 4.17. The van der Waals surface area contributed by atoms with Gasteiger partial charge in [-0.2, -0.15) is 0 Å². The Morgan fingerprint density at radius 1 is 1.40 bits per heavy atom. The van der Waals surface area contributed by atoms with Crippen molar-refractivity contribution in [2.24, 2.45) is 0 Å². The Bertz CT molecular complexity index is 238. The predicted molar refractivity (Wildman–Crippen MR) is 66.9 cm³/mol. The van der Waals surface area contributed by atoms with Crippen molar-refractivity contribution in [1.82, 2.24) is 0 Å². The van der Waals surface area contributed by atoms with Crippen molar-refractivity contribution in [1.29, 1.82) is 0 Å². The molecule has 2 nitrogen and oxygen atoms in total.